The van der Waals surface area contributed by atoms with Crippen LogP contribution in [-0.2, 0) is 26.2 Å². The summed E-state index contributed by atoms with van der Waals surface area (Å²) in [5.41, 5.74) is 1.97. The molecule has 0 heterocycles. The van der Waals surface area contributed by atoms with E-state index >= 15 is 0 Å². The summed E-state index contributed by atoms with van der Waals surface area (Å²) in [5, 5.41) is 3.74. The van der Waals surface area contributed by atoms with Gasteiger partial charge >= 0.3 is 0 Å². The second-order valence-electron chi connectivity index (χ2n) is 9.02. The number of anilines is 1. The Labute approximate surface area is 231 Å². The summed E-state index contributed by atoms with van der Waals surface area (Å²) in [6, 6.07) is 11.6. The molecule has 0 aromatic heterocycles. The van der Waals surface area contributed by atoms with Gasteiger partial charge in [0.1, 0.15) is 6.04 Å². The first kappa shape index (κ1) is 30.9. The first-order valence-corrected chi connectivity index (χ1v) is 15.1. The lowest BCUT2D eigenvalue weighted by atomic mass is 10.1. The Kier molecular flexibility index (Phi) is 12.2. The Bertz CT molecular complexity index is 1150. The number of rotatable bonds is 14. The minimum Gasteiger partial charge on any atom is -0.354 e. The van der Waals surface area contributed by atoms with Crippen molar-refractivity contribution in [3.63, 3.8) is 0 Å². The van der Waals surface area contributed by atoms with Gasteiger partial charge < -0.3 is 10.2 Å². The molecule has 10 heteroatoms. The van der Waals surface area contributed by atoms with Gasteiger partial charge in [-0.25, -0.2) is 8.42 Å². The molecule has 0 fully saturated rings. The Morgan fingerprint density at radius 2 is 1.65 bits per heavy atom. The molecule has 1 unspecified atom stereocenters. The second-order valence-corrected chi connectivity index (χ2v) is 11.7. The molecule has 204 valence electrons. The van der Waals surface area contributed by atoms with E-state index in [0.717, 1.165) is 24.7 Å². The summed E-state index contributed by atoms with van der Waals surface area (Å²) in [7, 11) is -3.56. The molecular weight excluding hydrogens is 533 g/mol. The molecule has 0 bridgehead atoms. The third-order valence-corrected chi connectivity index (χ3v) is 8.03. The molecule has 0 aliphatic carbocycles. The average Bonchev–Trinajstić information content (AvgIpc) is 2.83. The summed E-state index contributed by atoms with van der Waals surface area (Å²) in [6.07, 6.45) is 3.67. The fourth-order valence-electron chi connectivity index (χ4n) is 4.11. The Morgan fingerprint density at radius 1 is 1.00 bits per heavy atom. The quantitative estimate of drug-likeness (QED) is 0.301. The molecule has 2 aromatic rings. The molecule has 2 rings (SSSR count). The molecule has 2 aromatic carbocycles. The Hall–Kier alpha value is -2.29. The van der Waals surface area contributed by atoms with Crippen molar-refractivity contribution in [2.45, 2.75) is 65.5 Å². The van der Waals surface area contributed by atoms with Gasteiger partial charge in [-0.15, -0.1) is 0 Å². The third-order valence-electron chi connectivity index (χ3n) is 6.14. The van der Waals surface area contributed by atoms with Gasteiger partial charge in [-0.1, -0.05) is 67.7 Å². The topological polar surface area (TPSA) is 86.8 Å². The summed E-state index contributed by atoms with van der Waals surface area (Å²) < 4.78 is 26.4. The number of para-hydroxylation sites is 1. The third kappa shape index (κ3) is 8.90. The maximum atomic E-state index is 13.5. The van der Waals surface area contributed by atoms with Gasteiger partial charge in [0.15, 0.2) is 0 Å². The summed E-state index contributed by atoms with van der Waals surface area (Å²) in [5.74, 6) is -0.503. The minimum atomic E-state index is -3.56. The van der Waals surface area contributed by atoms with E-state index in [1.165, 1.54) is 9.21 Å². The van der Waals surface area contributed by atoms with Crippen LogP contribution in [0.1, 0.15) is 57.1 Å². The van der Waals surface area contributed by atoms with E-state index in [9.17, 15) is 18.0 Å². The average molecular weight is 571 g/mol. The van der Waals surface area contributed by atoms with Crippen molar-refractivity contribution in [1.29, 1.82) is 0 Å². The SMILES string of the molecule is CCCCNC(=O)C(CC)N(Cc1c(Cl)cccc1Cl)C(=O)CCCN(c1ccccc1C)S(C)(=O)=O. The highest BCUT2D eigenvalue weighted by Crippen LogP contribution is 2.28. The molecule has 0 aliphatic heterocycles. The number of carbonyl (C=O) groups is 2. The van der Waals surface area contributed by atoms with E-state index in [-0.39, 0.29) is 37.7 Å². The highest BCUT2D eigenvalue weighted by atomic mass is 35.5. The fourth-order valence-corrected chi connectivity index (χ4v) is 5.64. The molecular formula is C27H37Cl2N3O4S. The lowest BCUT2D eigenvalue weighted by Gasteiger charge is -2.31. The van der Waals surface area contributed by atoms with Crippen LogP contribution >= 0.6 is 23.2 Å². The van der Waals surface area contributed by atoms with Crippen LogP contribution < -0.4 is 9.62 Å². The summed E-state index contributed by atoms with van der Waals surface area (Å²) in [6.45, 7) is 6.47. The highest BCUT2D eigenvalue weighted by Gasteiger charge is 2.30. The predicted octanol–water partition coefficient (Wildman–Crippen LogP) is 5.57. The fraction of sp³-hybridized carbons (Fsp3) is 0.481. The van der Waals surface area contributed by atoms with Crippen LogP contribution in [0.25, 0.3) is 0 Å². The lowest BCUT2D eigenvalue weighted by molar-refractivity contribution is -0.141. The molecule has 37 heavy (non-hydrogen) atoms. The zero-order valence-electron chi connectivity index (χ0n) is 22.0. The molecule has 1 N–H and O–H groups in total. The van der Waals surface area contributed by atoms with Crippen molar-refractivity contribution in [2.24, 2.45) is 0 Å². The van der Waals surface area contributed by atoms with Crippen LogP contribution in [0, 0.1) is 6.92 Å². The molecule has 0 saturated heterocycles. The molecule has 0 radical (unpaired) electrons. The summed E-state index contributed by atoms with van der Waals surface area (Å²) >= 11 is 12.8. The molecule has 0 saturated carbocycles. The van der Waals surface area contributed by atoms with Gasteiger partial charge in [0.2, 0.25) is 21.8 Å². The number of sulfonamides is 1. The standard InChI is InChI=1S/C27H37Cl2N3O4S/c1-5-7-17-30-27(34)24(6-2)31(19-21-22(28)13-10-14-23(21)29)26(33)16-11-18-32(37(4,35)36)25-15-9-8-12-20(25)3/h8-10,12-15,24H,5-7,11,16-19H2,1-4H3,(H,30,34). The van der Waals surface area contributed by atoms with Crippen LogP contribution in [0.5, 0.6) is 0 Å². The monoisotopic (exact) mass is 569 g/mol. The molecule has 0 aliphatic rings. The number of amides is 2. The normalized spacial score (nSPS) is 12.2. The number of benzene rings is 2. The van der Waals surface area contributed by atoms with E-state index in [0.29, 0.717) is 34.3 Å². The number of carbonyl (C=O) groups excluding carboxylic acids is 2. The first-order chi connectivity index (χ1) is 17.5. The van der Waals surface area contributed by atoms with Crippen molar-refractivity contribution < 1.29 is 18.0 Å². The largest absolute Gasteiger partial charge is 0.354 e. The Morgan fingerprint density at radius 3 is 2.22 bits per heavy atom. The highest BCUT2D eigenvalue weighted by molar-refractivity contribution is 7.92. The number of aryl methyl sites for hydroxylation is 1. The second kappa shape index (κ2) is 14.6. The Balaban J connectivity index is 2.26. The van der Waals surface area contributed by atoms with Gasteiger partial charge in [0.05, 0.1) is 11.9 Å². The summed E-state index contributed by atoms with van der Waals surface area (Å²) in [4.78, 5) is 28.1. The zero-order chi connectivity index (χ0) is 27.6. The molecule has 0 spiro atoms. The maximum Gasteiger partial charge on any atom is 0.242 e. The van der Waals surface area contributed by atoms with E-state index in [1.54, 1.807) is 30.3 Å². The number of nitrogens with one attached hydrogen (secondary N) is 1. The minimum absolute atomic E-state index is 0.0543. The van der Waals surface area contributed by atoms with Crippen molar-refractivity contribution in [3.8, 4) is 0 Å². The van der Waals surface area contributed by atoms with Crippen LogP contribution in [0.4, 0.5) is 5.69 Å². The number of hydrogen-bond donors (Lipinski definition) is 1. The maximum absolute atomic E-state index is 13.5. The van der Waals surface area contributed by atoms with Crippen molar-refractivity contribution in [1.82, 2.24) is 10.2 Å². The van der Waals surface area contributed by atoms with Crippen LogP contribution in [0.15, 0.2) is 42.5 Å². The zero-order valence-corrected chi connectivity index (χ0v) is 24.3. The molecule has 1 atom stereocenters. The van der Waals surface area contributed by atoms with Gasteiger partial charge in [0, 0.05) is 41.7 Å². The van der Waals surface area contributed by atoms with Gasteiger partial charge in [-0.3, -0.25) is 13.9 Å². The van der Waals surface area contributed by atoms with E-state index < -0.39 is 16.1 Å². The number of hydrogen-bond acceptors (Lipinski definition) is 4. The van der Waals surface area contributed by atoms with E-state index in [4.69, 9.17) is 23.2 Å². The van der Waals surface area contributed by atoms with Crippen LogP contribution in [0.3, 0.4) is 0 Å². The lowest BCUT2D eigenvalue weighted by Crippen LogP contribution is -2.49. The van der Waals surface area contributed by atoms with E-state index in [1.807, 2.05) is 32.9 Å². The molecule has 7 nitrogen and oxygen atoms in total. The predicted molar refractivity (Wildman–Crippen MR) is 152 cm³/mol. The first-order valence-electron chi connectivity index (χ1n) is 12.5. The van der Waals surface area contributed by atoms with Crippen molar-refractivity contribution in [2.75, 3.05) is 23.7 Å². The van der Waals surface area contributed by atoms with E-state index in [2.05, 4.69) is 5.32 Å². The van der Waals surface area contributed by atoms with Crippen molar-refractivity contribution in [3.05, 3.63) is 63.6 Å². The number of halogens is 2. The smallest absolute Gasteiger partial charge is 0.242 e. The van der Waals surface area contributed by atoms with Crippen LogP contribution in [0.2, 0.25) is 10.0 Å². The van der Waals surface area contributed by atoms with Crippen molar-refractivity contribution >= 4 is 50.7 Å². The van der Waals surface area contributed by atoms with Gasteiger partial charge in [-0.2, -0.15) is 0 Å². The van der Waals surface area contributed by atoms with Gasteiger partial charge in [-0.05, 0) is 49.9 Å². The van der Waals surface area contributed by atoms with Gasteiger partial charge in [0.25, 0.3) is 0 Å². The number of nitrogens with zero attached hydrogens (tertiary/aromatic N) is 2. The molecule has 2 amide bonds. The number of unbranched alkanes of at least 4 members (excludes halogenated alkanes) is 1. The van der Waals surface area contributed by atoms with Crippen LogP contribution in [-0.4, -0.2) is 50.5 Å².